The molecule has 0 saturated carbocycles. The number of carbonyl (C=O) groups excluding carboxylic acids is 2. The summed E-state index contributed by atoms with van der Waals surface area (Å²) in [7, 11) is 0. The van der Waals surface area contributed by atoms with E-state index in [1.807, 2.05) is 6.07 Å². The fourth-order valence-electron chi connectivity index (χ4n) is 4.62. The summed E-state index contributed by atoms with van der Waals surface area (Å²) in [6.07, 6.45) is 1.71. The van der Waals surface area contributed by atoms with Crippen molar-refractivity contribution in [3.8, 4) is 0 Å². The summed E-state index contributed by atoms with van der Waals surface area (Å²) in [6.45, 7) is 4.66. The number of rotatable bonds is 5. The van der Waals surface area contributed by atoms with Crippen molar-refractivity contribution in [2.24, 2.45) is 5.92 Å². The van der Waals surface area contributed by atoms with Crippen molar-refractivity contribution in [3.63, 3.8) is 0 Å². The lowest BCUT2D eigenvalue weighted by Gasteiger charge is -2.41. The molecule has 29 heavy (non-hydrogen) atoms. The number of piperidine rings is 1. The third-order valence-electron chi connectivity index (χ3n) is 6.34. The van der Waals surface area contributed by atoms with Gasteiger partial charge >= 0.3 is 6.03 Å². The van der Waals surface area contributed by atoms with Crippen LogP contribution in [0.4, 0.5) is 9.18 Å². The first-order valence-corrected chi connectivity index (χ1v) is 10.1. The van der Waals surface area contributed by atoms with Gasteiger partial charge in [0.2, 0.25) is 0 Å². The van der Waals surface area contributed by atoms with Crippen LogP contribution in [0.2, 0.25) is 0 Å². The second-order valence-corrected chi connectivity index (χ2v) is 8.12. The molecule has 2 N–H and O–H groups in total. The maximum absolute atomic E-state index is 14.3. The summed E-state index contributed by atoms with van der Waals surface area (Å²) in [6, 6.07) is 14.3. The zero-order valence-corrected chi connectivity index (χ0v) is 16.6. The molecule has 2 aliphatic rings. The van der Waals surface area contributed by atoms with Crippen LogP contribution in [-0.4, -0.2) is 35.5 Å². The number of nitrogens with one attached hydrogen (secondary N) is 2. The number of likely N-dealkylation sites (tertiary alicyclic amines) is 1. The van der Waals surface area contributed by atoms with Crippen LogP contribution >= 0.6 is 0 Å². The molecule has 4 rings (SSSR count). The third-order valence-corrected chi connectivity index (χ3v) is 6.34. The van der Waals surface area contributed by atoms with Crippen LogP contribution in [0.1, 0.15) is 29.5 Å². The Balaban J connectivity index is 1.50. The zero-order valence-electron chi connectivity index (χ0n) is 16.6. The highest BCUT2D eigenvalue weighted by atomic mass is 19.1. The summed E-state index contributed by atoms with van der Waals surface area (Å²) in [5, 5.41) is 5.23. The van der Waals surface area contributed by atoms with Gasteiger partial charge < -0.3 is 5.32 Å². The smallest absolute Gasteiger partial charge is 0.322 e. The van der Waals surface area contributed by atoms with Gasteiger partial charge in [-0.1, -0.05) is 42.5 Å². The first-order valence-electron chi connectivity index (χ1n) is 10.1. The maximum Gasteiger partial charge on any atom is 0.322 e. The molecule has 3 amide bonds. The van der Waals surface area contributed by atoms with E-state index < -0.39 is 11.6 Å². The number of hydrogen-bond donors (Lipinski definition) is 2. The summed E-state index contributed by atoms with van der Waals surface area (Å²) < 4.78 is 14.3. The molecule has 2 aromatic carbocycles. The Hall–Kier alpha value is -2.73. The van der Waals surface area contributed by atoms with Crippen LogP contribution < -0.4 is 10.6 Å². The molecule has 2 heterocycles. The van der Waals surface area contributed by atoms with Gasteiger partial charge in [0.15, 0.2) is 0 Å². The molecule has 0 bridgehead atoms. The normalized spacial score (nSPS) is 23.1. The van der Waals surface area contributed by atoms with Crippen molar-refractivity contribution in [2.45, 2.75) is 38.3 Å². The Morgan fingerprint density at radius 2 is 1.69 bits per heavy atom. The molecule has 0 aliphatic carbocycles. The first kappa shape index (κ1) is 19.6. The van der Waals surface area contributed by atoms with Gasteiger partial charge in [0.1, 0.15) is 11.4 Å². The number of halogens is 1. The summed E-state index contributed by atoms with van der Waals surface area (Å²) >= 11 is 0. The van der Waals surface area contributed by atoms with Crippen molar-refractivity contribution in [2.75, 3.05) is 13.1 Å². The average molecular weight is 395 g/mol. The minimum absolute atomic E-state index is 0.0401. The van der Waals surface area contributed by atoms with Crippen LogP contribution in [0.15, 0.2) is 48.5 Å². The fraction of sp³-hybridized carbons (Fsp3) is 0.391. The monoisotopic (exact) mass is 395 g/mol. The highest BCUT2D eigenvalue weighted by Gasteiger charge is 2.52. The second-order valence-electron chi connectivity index (χ2n) is 8.12. The van der Waals surface area contributed by atoms with Crippen molar-refractivity contribution in [3.05, 3.63) is 71.0 Å². The van der Waals surface area contributed by atoms with Gasteiger partial charge in [-0.2, -0.15) is 0 Å². The molecule has 1 unspecified atom stereocenters. The Bertz CT molecular complexity index is 924. The molecule has 2 aromatic rings. The molecule has 6 heteroatoms. The van der Waals surface area contributed by atoms with Gasteiger partial charge in [0.05, 0.1) is 0 Å². The van der Waals surface area contributed by atoms with E-state index >= 15 is 0 Å². The fourth-order valence-corrected chi connectivity index (χ4v) is 4.62. The number of urea groups is 1. The molecule has 0 spiro atoms. The molecule has 2 saturated heterocycles. The Labute approximate surface area is 170 Å². The molecule has 0 radical (unpaired) electrons. The van der Waals surface area contributed by atoms with Gasteiger partial charge in [-0.05, 0) is 61.5 Å². The largest absolute Gasteiger partial charge is 0.323 e. The van der Waals surface area contributed by atoms with Crippen LogP contribution in [0, 0.1) is 18.7 Å². The van der Waals surface area contributed by atoms with Gasteiger partial charge in [-0.3, -0.25) is 15.0 Å². The van der Waals surface area contributed by atoms with E-state index in [4.69, 9.17) is 0 Å². The van der Waals surface area contributed by atoms with Crippen molar-refractivity contribution >= 4 is 11.9 Å². The van der Waals surface area contributed by atoms with E-state index in [1.165, 1.54) is 17.2 Å². The van der Waals surface area contributed by atoms with Crippen molar-refractivity contribution in [1.29, 1.82) is 0 Å². The van der Waals surface area contributed by atoms with E-state index in [0.717, 1.165) is 32.5 Å². The molecular weight excluding hydrogens is 369 g/mol. The molecule has 2 fully saturated rings. The lowest BCUT2D eigenvalue weighted by Crippen LogP contribution is -2.57. The third kappa shape index (κ3) is 3.90. The van der Waals surface area contributed by atoms with Crippen LogP contribution in [-0.2, 0) is 17.8 Å². The SMILES string of the molecule is Cc1ccccc1CN1CCC(C2(Cc3ccccc3F)NC(=O)NC2=O)CC1. The molecule has 152 valence electrons. The van der Waals surface area contributed by atoms with E-state index in [2.05, 4.69) is 40.7 Å². The van der Waals surface area contributed by atoms with Crippen LogP contribution in [0.5, 0.6) is 0 Å². The van der Waals surface area contributed by atoms with Gasteiger partial charge in [-0.15, -0.1) is 0 Å². The minimum atomic E-state index is -1.09. The summed E-state index contributed by atoms with van der Waals surface area (Å²) in [5.74, 6) is -0.734. The quantitative estimate of drug-likeness (QED) is 0.765. The highest BCUT2D eigenvalue weighted by Crippen LogP contribution is 2.35. The number of imide groups is 1. The van der Waals surface area contributed by atoms with Gasteiger partial charge in [-0.25, -0.2) is 9.18 Å². The first-order chi connectivity index (χ1) is 14.0. The zero-order chi connectivity index (χ0) is 20.4. The van der Waals surface area contributed by atoms with Gasteiger partial charge in [0.25, 0.3) is 5.91 Å². The number of amides is 3. The molecule has 0 aromatic heterocycles. The topological polar surface area (TPSA) is 61.4 Å². The summed E-state index contributed by atoms with van der Waals surface area (Å²) in [4.78, 5) is 27.2. The second kappa shape index (κ2) is 7.95. The van der Waals surface area contributed by atoms with E-state index in [9.17, 15) is 14.0 Å². The lowest BCUT2D eigenvalue weighted by molar-refractivity contribution is -0.126. The molecule has 1 atom stereocenters. The Kier molecular flexibility index (Phi) is 5.37. The van der Waals surface area contributed by atoms with Crippen molar-refractivity contribution in [1.82, 2.24) is 15.5 Å². The number of carbonyl (C=O) groups is 2. The minimum Gasteiger partial charge on any atom is -0.323 e. The predicted molar refractivity (Wildman–Crippen MR) is 109 cm³/mol. The maximum atomic E-state index is 14.3. The summed E-state index contributed by atoms with van der Waals surface area (Å²) in [5.41, 5.74) is 1.94. The van der Waals surface area contributed by atoms with Crippen LogP contribution in [0.3, 0.4) is 0 Å². The van der Waals surface area contributed by atoms with E-state index in [1.54, 1.807) is 18.2 Å². The Morgan fingerprint density at radius 1 is 1.03 bits per heavy atom. The predicted octanol–water partition coefficient (Wildman–Crippen LogP) is 3.17. The van der Waals surface area contributed by atoms with Gasteiger partial charge in [0, 0.05) is 13.0 Å². The van der Waals surface area contributed by atoms with E-state index in [0.29, 0.717) is 5.56 Å². The molecule has 2 aliphatic heterocycles. The average Bonchev–Trinajstić information content (AvgIpc) is 3.00. The molecule has 5 nitrogen and oxygen atoms in total. The number of aryl methyl sites for hydroxylation is 1. The standard InChI is InChI=1S/C23H26FN3O2/c1-16-6-2-3-8-18(16)15-27-12-10-19(11-13-27)23(21(28)25-22(29)26-23)14-17-7-4-5-9-20(17)24/h2-9,19H,10-15H2,1H3,(H2,25,26,28,29). The lowest BCUT2D eigenvalue weighted by atomic mass is 9.74. The van der Waals surface area contributed by atoms with Crippen molar-refractivity contribution < 1.29 is 14.0 Å². The van der Waals surface area contributed by atoms with E-state index in [-0.39, 0.29) is 24.1 Å². The van der Waals surface area contributed by atoms with Crippen LogP contribution in [0.25, 0.3) is 0 Å². The highest BCUT2D eigenvalue weighted by molar-refractivity contribution is 6.07. The molecular formula is C23H26FN3O2. The number of benzene rings is 2. The number of nitrogens with zero attached hydrogens (tertiary/aromatic N) is 1. The number of hydrogen-bond acceptors (Lipinski definition) is 3. The Morgan fingerprint density at radius 3 is 2.31 bits per heavy atom.